The highest BCUT2D eigenvalue weighted by Gasteiger charge is 2.46. The van der Waals surface area contributed by atoms with Crippen molar-refractivity contribution in [3.63, 3.8) is 0 Å². The van der Waals surface area contributed by atoms with E-state index >= 15 is 0 Å². The molecule has 0 unspecified atom stereocenters. The fraction of sp³-hybridized carbons (Fsp3) is 0.619. The highest BCUT2D eigenvalue weighted by atomic mass is 16.7. The minimum Gasteiger partial charge on any atom is -0.347 e. The van der Waals surface area contributed by atoms with Gasteiger partial charge in [0, 0.05) is 38.2 Å². The minimum absolute atomic E-state index is 0.133. The van der Waals surface area contributed by atoms with Gasteiger partial charge in [0.15, 0.2) is 5.79 Å². The molecule has 0 aromatic heterocycles. The Labute approximate surface area is 161 Å². The molecule has 6 nitrogen and oxygen atoms in total. The van der Waals surface area contributed by atoms with Gasteiger partial charge in [-0.25, -0.2) is 0 Å². The third-order valence-corrected chi connectivity index (χ3v) is 5.57. The average Bonchev–Trinajstić information content (AvgIpc) is 3.10. The summed E-state index contributed by atoms with van der Waals surface area (Å²) in [6, 6.07) is 7.81. The van der Waals surface area contributed by atoms with E-state index in [4.69, 9.17) is 9.47 Å². The molecule has 0 N–H and O–H groups in total. The Bertz CT molecular complexity index is 700. The molecule has 0 aliphatic carbocycles. The molecule has 2 amide bonds. The summed E-state index contributed by atoms with van der Waals surface area (Å²) in [7, 11) is 0. The van der Waals surface area contributed by atoms with Gasteiger partial charge in [-0.05, 0) is 45.4 Å². The summed E-state index contributed by atoms with van der Waals surface area (Å²) in [5.41, 5.74) is 0.788. The second kappa shape index (κ2) is 7.60. The monoisotopic (exact) mass is 374 g/mol. The maximum Gasteiger partial charge on any atom is 0.242 e. The molecule has 1 aromatic rings. The number of anilines is 1. The third kappa shape index (κ3) is 3.87. The van der Waals surface area contributed by atoms with E-state index in [1.807, 2.05) is 38.1 Å². The molecule has 3 rings (SSSR count). The molecular formula is C21H30N2O4. The number of amides is 2. The lowest BCUT2D eigenvalue weighted by molar-refractivity contribution is -0.189. The van der Waals surface area contributed by atoms with Crippen molar-refractivity contribution in [1.29, 1.82) is 0 Å². The van der Waals surface area contributed by atoms with E-state index in [0.717, 1.165) is 11.3 Å². The SMILES string of the molecule is CCN(C(=O)C(C)(C)C(=O)N1CCC2(CC1)OCCO2)c1cccc(C)c1. The highest BCUT2D eigenvalue weighted by molar-refractivity contribution is 6.11. The molecule has 0 atom stereocenters. The predicted octanol–water partition coefficient (Wildman–Crippen LogP) is 2.74. The van der Waals surface area contributed by atoms with Crippen molar-refractivity contribution in [1.82, 2.24) is 4.90 Å². The number of benzene rings is 1. The Morgan fingerprint density at radius 2 is 1.81 bits per heavy atom. The van der Waals surface area contributed by atoms with Gasteiger partial charge in [-0.15, -0.1) is 0 Å². The summed E-state index contributed by atoms with van der Waals surface area (Å²) in [6.07, 6.45) is 1.30. The van der Waals surface area contributed by atoms with Gasteiger partial charge in [-0.2, -0.15) is 0 Å². The van der Waals surface area contributed by atoms with Gasteiger partial charge in [-0.1, -0.05) is 12.1 Å². The third-order valence-electron chi connectivity index (χ3n) is 5.57. The molecule has 1 spiro atoms. The van der Waals surface area contributed by atoms with Gasteiger partial charge in [0.1, 0.15) is 5.41 Å². The molecule has 2 saturated heterocycles. The molecule has 1 aromatic carbocycles. The van der Waals surface area contributed by atoms with Gasteiger partial charge >= 0.3 is 0 Å². The number of rotatable bonds is 4. The smallest absolute Gasteiger partial charge is 0.242 e. The number of likely N-dealkylation sites (tertiary alicyclic amines) is 1. The molecule has 0 radical (unpaired) electrons. The van der Waals surface area contributed by atoms with Crippen LogP contribution in [0.3, 0.4) is 0 Å². The number of ether oxygens (including phenoxy) is 2. The van der Waals surface area contributed by atoms with Crippen molar-refractivity contribution in [2.75, 3.05) is 37.7 Å². The molecular weight excluding hydrogens is 344 g/mol. The fourth-order valence-electron chi connectivity index (χ4n) is 3.90. The predicted molar refractivity (Wildman–Crippen MR) is 103 cm³/mol. The number of piperidine rings is 1. The number of hydrogen-bond donors (Lipinski definition) is 0. The number of carbonyl (C=O) groups is 2. The van der Waals surface area contributed by atoms with Crippen LogP contribution in [0.15, 0.2) is 24.3 Å². The maximum atomic E-state index is 13.3. The van der Waals surface area contributed by atoms with Crippen LogP contribution < -0.4 is 4.90 Å². The summed E-state index contributed by atoms with van der Waals surface area (Å²) in [4.78, 5) is 29.9. The molecule has 6 heteroatoms. The van der Waals surface area contributed by atoms with Gasteiger partial charge < -0.3 is 19.3 Å². The van der Waals surface area contributed by atoms with Crippen molar-refractivity contribution in [3.05, 3.63) is 29.8 Å². The summed E-state index contributed by atoms with van der Waals surface area (Å²) in [5, 5.41) is 0. The zero-order valence-electron chi connectivity index (χ0n) is 16.8. The van der Waals surface area contributed by atoms with E-state index in [9.17, 15) is 9.59 Å². The second-order valence-corrected chi connectivity index (χ2v) is 7.91. The van der Waals surface area contributed by atoms with Crippen LogP contribution in [0.5, 0.6) is 0 Å². The molecule has 2 heterocycles. The Balaban J connectivity index is 1.72. The minimum atomic E-state index is -1.12. The number of hydrogen-bond acceptors (Lipinski definition) is 4. The van der Waals surface area contributed by atoms with Crippen LogP contribution >= 0.6 is 0 Å². The van der Waals surface area contributed by atoms with Gasteiger partial charge in [0.25, 0.3) is 0 Å². The lowest BCUT2D eigenvalue weighted by Crippen LogP contribution is -2.55. The van der Waals surface area contributed by atoms with Crippen LogP contribution in [0.4, 0.5) is 5.69 Å². The molecule has 0 saturated carbocycles. The van der Waals surface area contributed by atoms with Crippen LogP contribution in [-0.4, -0.2) is 55.3 Å². The normalized spacial score (nSPS) is 19.3. The zero-order chi connectivity index (χ0) is 19.7. The molecule has 2 aliphatic heterocycles. The molecule has 2 aliphatic rings. The van der Waals surface area contributed by atoms with Crippen molar-refractivity contribution < 1.29 is 19.1 Å². The Morgan fingerprint density at radius 1 is 1.19 bits per heavy atom. The first-order valence-electron chi connectivity index (χ1n) is 9.75. The molecule has 2 fully saturated rings. The first kappa shape index (κ1) is 19.8. The Morgan fingerprint density at radius 3 is 2.37 bits per heavy atom. The van der Waals surface area contributed by atoms with Crippen LogP contribution in [-0.2, 0) is 19.1 Å². The fourth-order valence-corrected chi connectivity index (χ4v) is 3.90. The molecule has 148 valence electrons. The van der Waals surface area contributed by atoms with E-state index in [0.29, 0.717) is 45.7 Å². The first-order chi connectivity index (χ1) is 12.8. The Hall–Kier alpha value is -1.92. The number of nitrogens with zero attached hydrogens (tertiary/aromatic N) is 2. The van der Waals surface area contributed by atoms with Crippen LogP contribution in [0.1, 0.15) is 39.2 Å². The molecule has 27 heavy (non-hydrogen) atoms. The van der Waals surface area contributed by atoms with E-state index < -0.39 is 11.2 Å². The van der Waals surface area contributed by atoms with E-state index in [2.05, 4.69) is 0 Å². The number of carbonyl (C=O) groups excluding carboxylic acids is 2. The maximum absolute atomic E-state index is 13.3. The van der Waals surface area contributed by atoms with Crippen molar-refractivity contribution in [2.45, 2.75) is 46.3 Å². The summed E-state index contributed by atoms with van der Waals surface area (Å²) >= 11 is 0. The van der Waals surface area contributed by atoms with Crippen LogP contribution in [0, 0.1) is 12.3 Å². The van der Waals surface area contributed by atoms with Crippen molar-refractivity contribution in [2.24, 2.45) is 5.41 Å². The van der Waals surface area contributed by atoms with Gasteiger partial charge in [0.2, 0.25) is 11.8 Å². The lowest BCUT2D eigenvalue weighted by Gasteiger charge is -2.41. The average molecular weight is 374 g/mol. The second-order valence-electron chi connectivity index (χ2n) is 7.91. The van der Waals surface area contributed by atoms with Crippen LogP contribution in [0.25, 0.3) is 0 Å². The van der Waals surface area contributed by atoms with Crippen LogP contribution in [0.2, 0.25) is 0 Å². The van der Waals surface area contributed by atoms with Gasteiger partial charge in [0.05, 0.1) is 13.2 Å². The summed E-state index contributed by atoms with van der Waals surface area (Å²) < 4.78 is 11.5. The largest absolute Gasteiger partial charge is 0.347 e. The quantitative estimate of drug-likeness (QED) is 0.761. The summed E-state index contributed by atoms with van der Waals surface area (Å²) in [5.74, 6) is -0.831. The number of aryl methyl sites for hydroxylation is 1. The van der Waals surface area contributed by atoms with Gasteiger partial charge in [-0.3, -0.25) is 9.59 Å². The van der Waals surface area contributed by atoms with Crippen molar-refractivity contribution >= 4 is 17.5 Å². The zero-order valence-corrected chi connectivity index (χ0v) is 16.8. The topological polar surface area (TPSA) is 59.1 Å². The first-order valence-corrected chi connectivity index (χ1v) is 9.75. The van der Waals surface area contributed by atoms with E-state index in [1.165, 1.54) is 0 Å². The summed E-state index contributed by atoms with van der Waals surface area (Å²) in [6.45, 7) is 10.2. The lowest BCUT2D eigenvalue weighted by atomic mass is 9.88. The Kier molecular flexibility index (Phi) is 5.58. The van der Waals surface area contributed by atoms with Crippen molar-refractivity contribution in [3.8, 4) is 0 Å². The van der Waals surface area contributed by atoms with E-state index in [1.54, 1.807) is 23.6 Å². The highest BCUT2D eigenvalue weighted by Crippen LogP contribution is 2.34. The molecule has 0 bridgehead atoms. The van der Waals surface area contributed by atoms with E-state index in [-0.39, 0.29) is 11.8 Å². The standard InChI is InChI=1S/C21H30N2O4/c1-5-23(17-8-6-7-16(2)15-17)19(25)20(3,4)18(24)22-11-9-21(10-12-22)26-13-14-27-21/h6-8,15H,5,9-14H2,1-4H3.